The van der Waals surface area contributed by atoms with Crippen molar-refractivity contribution in [1.82, 2.24) is 15.0 Å². The smallest absolute Gasteiger partial charge is 0.261 e. The highest BCUT2D eigenvalue weighted by Gasteiger charge is 2.21. The molecule has 3 rings (SSSR count). The Labute approximate surface area is 174 Å². The molecule has 1 aliphatic heterocycles. The van der Waals surface area contributed by atoms with Crippen molar-refractivity contribution in [1.29, 1.82) is 0 Å². The zero-order chi connectivity index (χ0) is 20.6. The van der Waals surface area contributed by atoms with Crippen molar-refractivity contribution >= 4 is 29.2 Å². The maximum atomic E-state index is 12.7. The van der Waals surface area contributed by atoms with Crippen LogP contribution in [0, 0.1) is 6.92 Å². The molecule has 0 aliphatic carbocycles. The van der Waals surface area contributed by atoms with Crippen molar-refractivity contribution in [2.24, 2.45) is 0 Å². The van der Waals surface area contributed by atoms with Crippen molar-refractivity contribution in [2.45, 2.75) is 19.8 Å². The van der Waals surface area contributed by atoms with Crippen LogP contribution < -0.4 is 10.1 Å². The maximum Gasteiger partial charge on any atom is 0.261 e. The van der Waals surface area contributed by atoms with E-state index in [1.807, 2.05) is 0 Å². The van der Waals surface area contributed by atoms with Crippen LogP contribution in [0.4, 0.5) is 5.82 Å². The summed E-state index contributed by atoms with van der Waals surface area (Å²) in [5, 5.41) is 6.99. The molecule has 1 fully saturated rings. The largest absolute Gasteiger partial charge is 0.484 e. The average molecular weight is 421 g/mol. The molecule has 0 radical (unpaired) electrons. The van der Waals surface area contributed by atoms with Gasteiger partial charge in [-0.15, -0.1) is 0 Å². The number of aryl methyl sites for hydroxylation is 1. The number of benzene rings is 1. The number of carbonyl (C=O) groups excluding carboxylic acids is 2. The van der Waals surface area contributed by atoms with Gasteiger partial charge in [0.05, 0.1) is 0 Å². The lowest BCUT2D eigenvalue weighted by molar-refractivity contribution is -0.136. The number of hydrogen-bond donors (Lipinski definition) is 1. The molecule has 2 heterocycles. The van der Waals surface area contributed by atoms with Crippen LogP contribution in [0.1, 0.15) is 18.6 Å². The highest BCUT2D eigenvalue weighted by molar-refractivity contribution is 6.30. The van der Waals surface area contributed by atoms with Gasteiger partial charge in [-0.05, 0) is 57.1 Å². The number of aromatic nitrogens is 1. The van der Waals surface area contributed by atoms with Gasteiger partial charge < -0.3 is 24.4 Å². The molecule has 2 amide bonds. The fourth-order valence-electron chi connectivity index (χ4n) is 3.11. The third-order valence-corrected chi connectivity index (χ3v) is 4.90. The van der Waals surface area contributed by atoms with Gasteiger partial charge in [0.1, 0.15) is 18.1 Å². The molecule has 1 aromatic heterocycles. The Hall–Kier alpha value is -2.58. The zero-order valence-corrected chi connectivity index (χ0v) is 17.2. The Kier molecular flexibility index (Phi) is 7.48. The summed E-state index contributed by atoms with van der Waals surface area (Å²) in [6, 6.07) is 8.41. The number of ether oxygens (including phenoxy) is 1. The predicted octanol–water partition coefficient (Wildman–Crippen LogP) is 2.58. The summed E-state index contributed by atoms with van der Waals surface area (Å²) in [6.07, 6.45) is 2.33. The predicted molar refractivity (Wildman–Crippen MR) is 109 cm³/mol. The summed E-state index contributed by atoms with van der Waals surface area (Å²) >= 11 is 5.86. The molecule has 1 aliphatic rings. The second-order valence-electron chi connectivity index (χ2n) is 6.98. The molecule has 1 N–H and O–H groups in total. The van der Waals surface area contributed by atoms with E-state index >= 15 is 0 Å². The molecule has 0 unspecified atom stereocenters. The number of anilines is 1. The van der Waals surface area contributed by atoms with E-state index in [9.17, 15) is 9.59 Å². The first kappa shape index (κ1) is 21.1. The second-order valence-corrected chi connectivity index (χ2v) is 7.41. The Balaban J connectivity index is 1.56. The van der Waals surface area contributed by atoms with E-state index in [1.165, 1.54) is 17.7 Å². The van der Waals surface area contributed by atoms with Crippen LogP contribution in [-0.2, 0) is 9.59 Å². The van der Waals surface area contributed by atoms with E-state index in [2.05, 4.69) is 15.4 Å². The molecular weight excluding hydrogens is 396 g/mol. The van der Waals surface area contributed by atoms with Gasteiger partial charge >= 0.3 is 0 Å². The Bertz CT molecular complexity index is 818. The molecule has 1 aromatic carbocycles. The molecule has 8 nitrogen and oxygen atoms in total. The molecule has 2 aromatic rings. The minimum atomic E-state index is -0.334. The molecule has 1 saturated heterocycles. The van der Waals surface area contributed by atoms with Gasteiger partial charge in [-0.25, -0.2) is 0 Å². The number of carbonyl (C=O) groups is 2. The standard InChI is InChI=1S/C20H25ClN4O4/c1-15-12-18(23-29-15)22-19(26)13-25(11-10-24-8-2-3-9-24)20(27)14-28-17-6-4-16(21)5-7-17/h4-7,12H,2-3,8-11,13-14H2,1H3,(H,22,23,26). The van der Waals surface area contributed by atoms with Crippen LogP contribution >= 0.6 is 11.6 Å². The first-order valence-electron chi connectivity index (χ1n) is 9.61. The van der Waals surface area contributed by atoms with Crippen LogP contribution in [0.5, 0.6) is 5.75 Å². The molecule has 9 heteroatoms. The summed E-state index contributed by atoms with van der Waals surface area (Å²) in [4.78, 5) is 28.9. The number of likely N-dealkylation sites (tertiary alicyclic amines) is 1. The quantitative estimate of drug-likeness (QED) is 0.670. The average Bonchev–Trinajstić information content (AvgIpc) is 3.36. The number of nitrogens with zero attached hydrogens (tertiary/aromatic N) is 3. The number of rotatable bonds is 9. The third-order valence-electron chi connectivity index (χ3n) is 4.64. The minimum absolute atomic E-state index is 0.0808. The van der Waals surface area contributed by atoms with Crippen LogP contribution in [0.2, 0.25) is 5.02 Å². The summed E-state index contributed by atoms with van der Waals surface area (Å²) in [5.41, 5.74) is 0. The van der Waals surface area contributed by atoms with Crippen molar-refractivity contribution in [3.63, 3.8) is 0 Å². The Morgan fingerprint density at radius 3 is 2.66 bits per heavy atom. The topological polar surface area (TPSA) is 87.9 Å². The van der Waals surface area contributed by atoms with Crippen LogP contribution in [0.25, 0.3) is 0 Å². The summed E-state index contributed by atoms with van der Waals surface area (Å²) in [6.45, 7) is 4.72. The van der Waals surface area contributed by atoms with Crippen molar-refractivity contribution < 1.29 is 18.8 Å². The zero-order valence-electron chi connectivity index (χ0n) is 16.4. The minimum Gasteiger partial charge on any atom is -0.484 e. The van der Waals surface area contributed by atoms with E-state index in [0.717, 1.165) is 19.6 Å². The molecule has 0 spiro atoms. The number of halogens is 1. The lowest BCUT2D eigenvalue weighted by atomic mass is 10.3. The lowest BCUT2D eigenvalue weighted by Crippen LogP contribution is -2.44. The van der Waals surface area contributed by atoms with Gasteiger partial charge in [-0.3, -0.25) is 9.59 Å². The fraction of sp³-hybridized carbons (Fsp3) is 0.450. The van der Waals surface area contributed by atoms with Gasteiger partial charge in [-0.1, -0.05) is 16.8 Å². The molecule has 0 saturated carbocycles. The number of amides is 2. The van der Waals surface area contributed by atoms with Crippen LogP contribution in [0.15, 0.2) is 34.9 Å². The highest BCUT2D eigenvalue weighted by Crippen LogP contribution is 2.15. The van der Waals surface area contributed by atoms with E-state index in [4.69, 9.17) is 20.9 Å². The van der Waals surface area contributed by atoms with E-state index < -0.39 is 0 Å². The molecule has 156 valence electrons. The van der Waals surface area contributed by atoms with Gasteiger partial charge in [0.25, 0.3) is 5.91 Å². The van der Waals surface area contributed by atoms with Crippen molar-refractivity contribution in [3.8, 4) is 5.75 Å². The van der Waals surface area contributed by atoms with E-state index in [1.54, 1.807) is 37.3 Å². The third kappa shape index (κ3) is 6.76. The first-order valence-corrected chi connectivity index (χ1v) is 9.99. The first-order chi connectivity index (χ1) is 14.0. The molecule has 0 atom stereocenters. The lowest BCUT2D eigenvalue weighted by Gasteiger charge is -2.25. The van der Waals surface area contributed by atoms with Crippen molar-refractivity contribution in [3.05, 3.63) is 41.1 Å². The van der Waals surface area contributed by atoms with Gasteiger partial charge in [-0.2, -0.15) is 0 Å². The van der Waals surface area contributed by atoms with E-state index in [-0.39, 0.29) is 25.0 Å². The Morgan fingerprint density at radius 1 is 1.28 bits per heavy atom. The van der Waals surface area contributed by atoms with Gasteiger partial charge in [0, 0.05) is 24.2 Å². The monoisotopic (exact) mass is 420 g/mol. The van der Waals surface area contributed by atoms with Gasteiger partial charge in [0.2, 0.25) is 5.91 Å². The fourth-order valence-corrected chi connectivity index (χ4v) is 3.23. The van der Waals surface area contributed by atoms with E-state index in [0.29, 0.717) is 28.9 Å². The summed E-state index contributed by atoms with van der Waals surface area (Å²) < 4.78 is 10.5. The van der Waals surface area contributed by atoms with Crippen LogP contribution in [0.3, 0.4) is 0 Å². The van der Waals surface area contributed by atoms with Crippen molar-refractivity contribution in [2.75, 3.05) is 44.6 Å². The van der Waals surface area contributed by atoms with Crippen LogP contribution in [-0.4, -0.2) is 66.1 Å². The Morgan fingerprint density at radius 2 is 2.00 bits per heavy atom. The number of hydrogen-bond acceptors (Lipinski definition) is 6. The maximum absolute atomic E-state index is 12.7. The molecule has 29 heavy (non-hydrogen) atoms. The molecule has 0 bridgehead atoms. The molecular formula is C20H25ClN4O4. The SMILES string of the molecule is Cc1cc(NC(=O)CN(CCN2CCCC2)C(=O)COc2ccc(Cl)cc2)no1. The summed E-state index contributed by atoms with van der Waals surface area (Å²) in [7, 11) is 0. The highest BCUT2D eigenvalue weighted by atomic mass is 35.5. The van der Waals surface area contributed by atoms with Gasteiger partial charge in [0.15, 0.2) is 12.4 Å². The summed E-state index contributed by atoms with van der Waals surface area (Å²) in [5.74, 6) is 0.880. The number of nitrogens with one attached hydrogen (secondary N) is 1. The normalized spacial score (nSPS) is 14.0. The second kappa shape index (κ2) is 10.3.